The van der Waals surface area contributed by atoms with Crippen LogP contribution in [0, 0.1) is 0 Å². The van der Waals surface area contributed by atoms with Crippen molar-refractivity contribution in [1.29, 1.82) is 0 Å². The number of rotatable bonds is 18. The molecule has 10 atom stereocenters. The van der Waals surface area contributed by atoms with E-state index < -0.39 is 62.6 Å². The fraction of sp³-hybridized carbons (Fsp3) is 0.508. The van der Waals surface area contributed by atoms with E-state index in [2.05, 4.69) is 15.4 Å². The van der Waals surface area contributed by atoms with E-state index in [-0.39, 0.29) is 154 Å². The van der Waals surface area contributed by atoms with E-state index in [4.69, 9.17) is 56.8 Å². The number of nitrogens with one attached hydrogen (secondary N) is 2. The Bertz CT molecular complexity index is 3010. The van der Waals surface area contributed by atoms with E-state index in [1.54, 1.807) is 80.7 Å². The Hall–Kier alpha value is -7.51. The lowest BCUT2D eigenvalue weighted by molar-refractivity contribution is -0.149. The number of carbonyl (C=O) groups is 8. The Morgan fingerprint density at radius 2 is 1.04 bits per heavy atom. The SMILES string of the molecule is C.C.C.C.C.CC(C)OC(=O)[C@H](C)N[P@](=O)(OC[C@H]1OC[C@@H](N2C=CC(=O)CC2=O)O1)Oc1ccccc1.CC[C@H]1OC[C@@H](N2C=CC(=O)CC2=O)O1.CC[C@H]1OC[C@@H](n2ccc(NC(=O)c3ccccc3)nc2=O)O1.O=C1C=CN([C@@H]2CO[C@H](CO)O2)C(=O)C1. The molecule has 7 aliphatic rings. The van der Waals surface area contributed by atoms with Gasteiger partial charge in [-0.2, -0.15) is 10.1 Å². The number of amides is 4. The van der Waals surface area contributed by atoms with E-state index in [0.717, 1.165) is 6.42 Å². The van der Waals surface area contributed by atoms with Gasteiger partial charge in [0, 0.05) is 30.4 Å². The third kappa shape index (κ3) is 23.6. The van der Waals surface area contributed by atoms with Crippen LogP contribution < -0.4 is 20.6 Å². The highest BCUT2D eigenvalue weighted by atomic mass is 31.2. The van der Waals surface area contributed by atoms with Crippen LogP contribution in [0.5, 0.6) is 5.75 Å². The van der Waals surface area contributed by atoms with E-state index >= 15 is 0 Å². The first-order chi connectivity index (χ1) is 41.2. The number of anilines is 1. The molecule has 1 aromatic heterocycles. The lowest BCUT2D eigenvalue weighted by atomic mass is 10.2. The number of carbonyl (C=O) groups excluding carboxylic acids is 8. The monoisotopic (exact) mass is 1300 g/mol. The average molecular weight is 1300 g/mol. The molecule has 0 aliphatic carbocycles. The summed E-state index contributed by atoms with van der Waals surface area (Å²) in [6.07, 6.45) is 6.07. The van der Waals surface area contributed by atoms with Crippen molar-refractivity contribution in [3.63, 3.8) is 0 Å². The van der Waals surface area contributed by atoms with E-state index in [9.17, 15) is 47.7 Å². The van der Waals surface area contributed by atoms with E-state index in [0.29, 0.717) is 25.2 Å². The molecule has 504 valence electrons. The van der Waals surface area contributed by atoms with Gasteiger partial charge in [-0.15, -0.1) is 0 Å². The van der Waals surface area contributed by atoms with Gasteiger partial charge in [0.2, 0.25) is 17.7 Å². The molecule has 0 spiro atoms. The molecule has 0 unspecified atom stereocenters. The third-order valence-electron chi connectivity index (χ3n) is 12.6. The van der Waals surface area contributed by atoms with Gasteiger partial charge in [-0.05, 0) is 82.2 Å². The van der Waals surface area contributed by atoms with Crippen molar-refractivity contribution >= 4 is 60.5 Å². The first kappa shape index (κ1) is 79.6. The molecule has 0 saturated carbocycles. The summed E-state index contributed by atoms with van der Waals surface area (Å²) in [4.78, 5) is 112. The van der Waals surface area contributed by atoms with Crippen LogP contribution in [0.2, 0.25) is 0 Å². The lowest BCUT2D eigenvalue weighted by Crippen LogP contribution is -2.41. The number of esters is 1. The first-order valence-corrected chi connectivity index (χ1v) is 29.0. The summed E-state index contributed by atoms with van der Waals surface area (Å²) in [5, 5.41) is 13.9. The molecule has 0 radical (unpaired) electrons. The number of aromatic nitrogens is 2. The molecule has 4 saturated heterocycles. The van der Waals surface area contributed by atoms with Crippen LogP contribution in [-0.2, 0) is 85.3 Å². The first-order valence-electron chi connectivity index (χ1n) is 27.4. The molecule has 0 bridgehead atoms. The Balaban J connectivity index is 0.000000427. The van der Waals surface area contributed by atoms with E-state index in [1.165, 1.54) is 63.0 Å². The largest absolute Gasteiger partial charge is 0.462 e. The smallest absolute Gasteiger partial charge is 0.459 e. The zero-order valence-corrected chi connectivity index (χ0v) is 48.5. The topological polar surface area (TPSA) is 344 Å². The summed E-state index contributed by atoms with van der Waals surface area (Å²) in [7, 11) is -4.07. The third-order valence-corrected chi connectivity index (χ3v) is 14.3. The van der Waals surface area contributed by atoms with Gasteiger partial charge in [-0.1, -0.05) is 87.4 Å². The summed E-state index contributed by atoms with van der Waals surface area (Å²) < 4.78 is 74.2. The molecular formula is C61H88N7O22P. The predicted molar refractivity (Wildman–Crippen MR) is 329 cm³/mol. The van der Waals surface area contributed by atoms with E-state index in [1.807, 2.05) is 19.9 Å². The molecule has 10 rings (SSSR count). The van der Waals surface area contributed by atoms with Crippen molar-refractivity contribution in [3.8, 4) is 5.75 Å². The minimum absolute atomic E-state index is 0. The van der Waals surface area contributed by atoms with Crippen molar-refractivity contribution in [2.24, 2.45) is 0 Å². The van der Waals surface area contributed by atoms with Crippen molar-refractivity contribution in [3.05, 3.63) is 126 Å². The zero-order valence-electron chi connectivity index (χ0n) is 47.6. The number of ketones is 3. The maximum absolute atomic E-state index is 13.4. The molecule has 3 aromatic rings. The number of hydrogen-bond donors (Lipinski definition) is 3. The number of nitrogens with zero attached hydrogens (tertiary/aromatic N) is 5. The normalized spacial score (nSPS) is 24.0. The maximum atomic E-state index is 13.4. The van der Waals surface area contributed by atoms with Gasteiger partial charge in [-0.25, -0.2) is 9.36 Å². The fourth-order valence-electron chi connectivity index (χ4n) is 8.35. The zero-order chi connectivity index (χ0) is 61.9. The van der Waals surface area contributed by atoms with Gasteiger partial charge < -0.3 is 57.6 Å². The van der Waals surface area contributed by atoms with Crippen LogP contribution in [0.25, 0.3) is 0 Å². The Kier molecular flexibility index (Phi) is 33.6. The van der Waals surface area contributed by atoms with Gasteiger partial charge in [0.25, 0.3) is 5.91 Å². The predicted octanol–water partition coefficient (Wildman–Crippen LogP) is 6.49. The second-order valence-electron chi connectivity index (χ2n) is 19.5. The summed E-state index contributed by atoms with van der Waals surface area (Å²) in [5.74, 6) is -2.09. The number of ether oxygens (including phenoxy) is 9. The molecule has 7 aliphatic heterocycles. The molecule has 8 heterocycles. The van der Waals surface area contributed by atoms with Crippen molar-refractivity contribution in [2.75, 3.05) is 45.0 Å². The van der Waals surface area contributed by atoms with Gasteiger partial charge in [-0.3, -0.25) is 62.1 Å². The number of benzene rings is 2. The molecule has 2 aromatic carbocycles. The fourth-order valence-corrected chi connectivity index (χ4v) is 9.83. The Morgan fingerprint density at radius 1 is 0.615 bits per heavy atom. The van der Waals surface area contributed by atoms with Crippen molar-refractivity contribution in [1.82, 2.24) is 29.3 Å². The minimum Gasteiger partial charge on any atom is -0.462 e. The molecule has 30 heteroatoms. The summed E-state index contributed by atoms with van der Waals surface area (Å²) in [6.45, 7) is 9.10. The number of aliphatic hydroxyl groups excluding tert-OH is 1. The van der Waals surface area contributed by atoms with Gasteiger partial charge in [0.15, 0.2) is 67.4 Å². The Labute approximate surface area is 530 Å². The standard InChI is InChI=1S/C21H27N2O9P.C16H17N3O4.C10H13NO4.C9H11NO5.5CH4/c1-14(2)30-21(26)15(3)22-33(27,32-17-7-5-4-6-8-17)29-13-20-28-12-19(31-20)23-10-9-16(24)11-18(23)25;1-2-14-22-10-13(23-14)19-9-8-12(18-16(19)21)17-15(20)11-6-4-3-5-7-11;1-2-10-14-6-9(15-10)11-4-3-7(12)5-8(11)13;11-4-9-14-5-8(15-9)10-2-1-6(12)3-7(10)13;;;;;/h4-10,14-15,19-20H,11-13H2,1-3H3,(H,22,27);3-9,13-14H,2,10H2,1H3,(H,17,18,20,21);3-4,9-10H,2,5-6H2,1H3;1-2,8-9,11H,3-5H2;5*1H4/t15-,19-,20-,33-;13-,14-;9-,10-;8-,9-;;;;;/m0000...../s1. The highest BCUT2D eigenvalue weighted by Crippen LogP contribution is 2.45. The van der Waals surface area contributed by atoms with Gasteiger partial charge in [0.1, 0.15) is 24.2 Å². The lowest BCUT2D eigenvalue weighted by Gasteiger charge is -2.26. The summed E-state index contributed by atoms with van der Waals surface area (Å²) in [5.41, 5.74) is -0.00185. The van der Waals surface area contributed by atoms with Crippen molar-refractivity contribution < 1.29 is 99.7 Å². The average Bonchev–Trinajstić information content (AvgIpc) is 2.40. The van der Waals surface area contributed by atoms with Crippen LogP contribution in [0.15, 0.2) is 115 Å². The van der Waals surface area contributed by atoms with Crippen molar-refractivity contribution in [2.45, 2.75) is 166 Å². The molecule has 91 heavy (non-hydrogen) atoms. The number of aliphatic hydroxyl groups is 1. The molecule has 3 N–H and O–H groups in total. The minimum atomic E-state index is -4.07. The highest BCUT2D eigenvalue weighted by Gasteiger charge is 2.40. The summed E-state index contributed by atoms with van der Waals surface area (Å²) >= 11 is 0. The second-order valence-corrected chi connectivity index (χ2v) is 21.2. The molecule has 4 amide bonds. The summed E-state index contributed by atoms with van der Waals surface area (Å²) in [6, 6.07) is 17.6. The highest BCUT2D eigenvalue weighted by molar-refractivity contribution is 7.52. The number of allylic oxidation sites excluding steroid dienone is 3. The molecule has 29 nitrogen and oxygen atoms in total. The Morgan fingerprint density at radius 3 is 1.47 bits per heavy atom. The van der Waals surface area contributed by atoms with Crippen LogP contribution >= 0.6 is 7.75 Å². The second kappa shape index (κ2) is 38.4. The molecular weight excluding hydrogens is 1210 g/mol. The quantitative estimate of drug-likeness (QED) is 0.0695. The van der Waals surface area contributed by atoms with Crippen LogP contribution in [0.3, 0.4) is 0 Å². The van der Waals surface area contributed by atoms with Crippen LogP contribution in [0.1, 0.15) is 120 Å². The number of para-hydroxylation sites is 1. The van der Waals surface area contributed by atoms with Gasteiger partial charge >= 0.3 is 19.4 Å². The van der Waals surface area contributed by atoms with Gasteiger partial charge in [0.05, 0.1) is 58.4 Å². The maximum Gasteiger partial charge on any atom is 0.459 e. The molecule has 4 fully saturated rings. The number of hydrogen-bond acceptors (Lipinski definition) is 23. The van der Waals surface area contributed by atoms with Crippen LogP contribution in [0.4, 0.5) is 5.82 Å². The van der Waals surface area contributed by atoms with Crippen LogP contribution in [-0.4, -0.2) is 172 Å².